The summed E-state index contributed by atoms with van der Waals surface area (Å²) in [5.41, 5.74) is 1.57. The summed E-state index contributed by atoms with van der Waals surface area (Å²) in [4.78, 5) is 11.0. The number of hydrogen-bond donors (Lipinski definition) is 1. The Balaban J connectivity index is 3.30. The van der Waals surface area contributed by atoms with Gasteiger partial charge in [-0.05, 0) is 26.2 Å². The van der Waals surface area contributed by atoms with Gasteiger partial charge in [-0.25, -0.2) is 4.79 Å². The van der Waals surface area contributed by atoms with Crippen molar-refractivity contribution in [3.8, 4) is 0 Å². The van der Waals surface area contributed by atoms with E-state index in [1.165, 1.54) is 116 Å². The molecule has 2 heteroatoms. The van der Waals surface area contributed by atoms with E-state index >= 15 is 0 Å². The van der Waals surface area contributed by atoms with Crippen molar-refractivity contribution in [1.29, 1.82) is 0 Å². The van der Waals surface area contributed by atoms with Crippen molar-refractivity contribution in [3.05, 3.63) is 11.1 Å². The predicted molar refractivity (Wildman–Crippen MR) is 129 cm³/mol. The molecule has 0 saturated carbocycles. The number of carboxylic acids is 1. The summed E-state index contributed by atoms with van der Waals surface area (Å²) in [5.74, 6) is -0.376. The topological polar surface area (TPSA) is 37.3 Å². The largest absolute Gasteiger partial charge is 0.478 e. The minimum absolute atomic E-state index is 0.396. The van der Waals surface area contributed by atoms with Crippen LogP contribution >= 0.6 is 0 Å². The summed E-state index contributed by atoms with van der Waals surface area (Å²) in [6.45, 7) is 8.15. The zero-order valence-electron chi connectivity index (χ0n) is 20.4. The van der Waals surface area contributed by atoms with E-state index in [0.29, 0.717) is 11.5 Å². The summed E-state index contributed by atoms with van der Waals surface area (Å²) < 4.78 is 0. The fourth-order valence-corrected chi connectivity index (χ4v) is 4.11. The first-order valence-corrected chi connectivity index (χ1v) is 12.9. The highest BCUT2D eigenvalue weighted by Crippen LogP contribution is 2.22. The summed E-state index contributed by atoms with van der Waals surface area (Å²) in [6.07, 6.45) is 26.4. The first-order valence-electron chi connectivity index (χ1n) is 12.9. The van der Waals surface area contributed by atoms with Crippen LogP contribution in [0.25, 0.3) is 0 Å². The van der Waals surface area contributed by atoms with E-state index in [4.69, 9.17) is 5.11 Å². The van der Waals surface area contributed by atoms with Crippen LogP contribution in [-0.4, -0.2) is 11.1 Å². The van der Waals surface area contributed by atoms with Gasteiger partial charge in [-0.3, -0.25) is 0 Å². The van der Waals surface area contributed by atoms with Crippen LogP contribution in [0, 0.1) is 5.92 Å². The second-order valence-corrected chi connectivity index (χ2v) is 9.31. The lowest BCUT2D eigenvalue weighted by Crippen LogP contribution is -2.05. The lowest BCUT2D eigenvalue weighted by atomic mass is 9.92. The molecule has 0 aromatic heterocycles. The Morgan fingerprint density at radius 3 is 1.24 bits per heavy atom. The molecule has 1 unspecified atom stereocenters. The molecule has 1 atom stereocenters. The maximum Gasteiger partial charge on any atom is 0.331 e. The molecule has 0 aliphatic heterocycles. The molecule has 0 aliphatic rings. The van der Waals surface area contributed by atoms with E-state index in [2.05, 4.69) is 13.8 Å². The number of hydrogen-bond acceptors (Lipinski definition) is 1. The van der Waals surface area contributed by atoms with Gasteiger partial charge in [0.15, 0.2) is 0 Å². The Morgan fingerprint density at radius 1 is 0.621 bits per heavy atom. The molecule has 0 amide bonds. The maximum atomic E-state index is 11.0. The summed E-state index contributed by atoms with van der Waals surface area (Å²) >= 11 is 0. The third-order valence-electron chi connectivity index (χ3n) is 6.64. The van der Waals surface area contributed by atoms with Gasteiger partial charge in [0.1, 0.15) is 0 Å². The minimum atomic E-state index is -0.771. The number of allylic oxidation sites excluding steroid dienone is 1. The first-order chi connectivity index (χ1) is 14.0. The van der Waals surface area contributed by atoms with E-state index in [-0.39, 0.29) is 0 Å². The highest BCUT2D eigenvalue weighted by molar-refractivity contribution is 5.86. The molecule has 2 nitrogen and oxygen atoms in total. The van der Waals surface area contributed by atoms with Crippen LogP contribution in [-0.2, 0) is 4.79 Å². The van der Waals surface area contributed by atoms with Crippen molar-refractivity contribution in [2.24, 2.45) is 5.92 Å². The molecule has 0 saturated heterocycles. The van der Waals surface area contributed by atoms with Gasteiger partial charge in [0, 0.05) is 5.57 Å². The number of carboxylic acid groups (broad SMARTS) is 1. The molecular formula is C27H52O2. The second kappa shape index (κ2) is 20.5. The van der Waals surface area contributed by atoms with Gasteiger partial charge in [0.2, 0.25) is 0 Å². The molecule has 0 fully saturated rings. The molecule has 29 heavy (non-hydrogen) atoms. The van der Waals surface area contributed by atoms with Gasteiger partial charge in [0.25, 0.3) is 0 Å². The zero-order chi connectivity index (χ0) is 21.7. The van der Waals surface area contributed by atoms with Gasteiger partial charge in [0.05, 0.1) is 0 Å². The van der Waals surface area contributed by atoms with Crippen LogP contribution in [0.4, 0.5) is 0 Å². The molecule has 172 valence electrons. The van der Waals surface area contributed by atoms with Crippen LogP contribution in [0.15, 0.2) is 11.1 Å². The van der Waals surface area contributed by atoms with Gasteiger partial charge < -0.3 is 5.11 Å². The van der Waals surface area contributed by atoms with Crippen LogP contribution in [0.2, 0.25) is 0 Å². The summed E-state index contributed by atoms with van der Waals surface area (Å²) in [5, 5.41) is 9.07. The summed E-state index contributed by atoms with van der Waals surface area (Å²) in [7, 11) is 0. The molecular weight excluding hydrogens is 356 g/mol. The van der Waals surface area contributed by atoms with E-state index in [9.17, 15) is 4.79 Å². The molecule has 0 aromatic carbocycles. The molecule has 0 radical (unpaired) electrons. The van der Waals surface area contributed by atoms with E-state index in [1.54, 1.807) is 6.92 Å². The Kier molecular flexibility index (Phi) is 19.9. The Labute approximate surface area is 182 Å². The standard InChI is InChI=1S/C27H52O2/c1-5-6-7-8-9-10-11-12-13-14-15-16-17-18-19-20-21-22-23-24(2)25(3)26(4)27(28)29/h24H,5-23H2,1-4H3,(H,28,29). The number of unbranched alkanes of at least 4 members (excludes halogenated alkanes) is 17. The normalized spacial score (nSPS) is 13.4. The smallest absolute Gasteiger partial charge is 0.331 e. The fourth-order valence-electron chi connectivity index (χ4n) is 4.11. The number of carbonyl (C=O) groups is 1. The zero-order valence-corrected chi connectivity index (χ0v) is 20.4. The van der Waals surface area contributed by atoms with Crippen molar-refractivity contribution in [1.82, 2.24) is 0 Å². The highest BCUT2D eigenvalue weighted by atomic mass is 16.4. The van der Waals surface area contributed by atoms with Crippen LogP contribution < -0.4 is 0 Å². The average Bonchev–Trinajstić information content (AvgIpc) is 2.71. The lowest BCUT2D eigenvalue weighted by Gasteiger charge is -2.13. The lowest BCUT2D eigenvalue weighted by molar-refractivity contribution is -0.132. The van der Waals surface area contributed by atoms with Crippen molar-refractivity contribution in [2.75, 3.05) is 0 Å². The number of rotatable bonds is 21. The minimum Gasteiger partial charge on any atom is -0.478 e. The molecule has 0 heterocycles. The van der Waals surface area contributed by atoms with Crippen molar-refractivity contribution in [3.63, 3.8) is 0 Å². The van der Waals surface area contributed by atoms with Crippen molar-refractivity contribution in [2.45, 2.75) is 150 Å². The van der Waals surface area contributed by atoms with E-state index in [0.717, 1.165) is 12.0 Å². The Morgan fingerprint density at radius 2 is 0.931 bits per heavy atom. The maximum absolute atomic E-state index is 11.0. The van der Waals surface area contributed by atoms with Crippen LogP contribution in [0.3, 0.4) is 0 Å². The van der Waals surface area contributed by atoms with Crippen LogP contribution in [0.1, 0.15) is 150 Å². The second-order valence-electron chi connectivity index (χ2n) is 9.31. The van der Waals surface area contributed by atoms with Crippen molar-refractivity contribution >= 4 is 5.97 Å². The quantitative estimate of drug-likeness (QED) is 0.152. The molecule has 0 rings (SSSR count). The molecule has 0 spiro atoms. The van der Waals surface area contributed by atoms with Gasteiger partial charge in [-0.15, -0.1) is 0 Å². The Hall–Kier alpha value is -0.790. The van der Waals surface area contributed by atoms with Gasteiger partial charge in [-0.1, -0.05) is 135 Å². The van der Waals surface area contributed by atoms with Crippen molar-refractivity contribution < 1.29 is 9.90 Å². The van der Waals surface area contributed by atoms with E-state index in [1.807, 2.05) is 6.92 Å². The van der Waals surface area contributed by atoms with Crippen LogP contribution in [0.5, 0.6) is 0 Å². The average molecular weight is 409 g/mol. The third-order valence-corrected chi connectivity index (χ3v) is 6.64. The number of aliphatic carboxylic acids is 1. The Bertz CT molecular complexity index is 411. The predicted octanol–water partition coefficient (Wildman–Crippen LogP) is 9.48. The summed E-state index contributed by atoms with van der Waals surface area (Å²) in [6, 6.07) is 0. The first kappa shape index (κ1) is 28.2. The fraction of sp³-hybridized carbons (Fsp3) is 0.889. The molecule has 0 aromatic rings. The highest BCUT2D eigenvalue weighted by Gasteiger charge is 2.11. The molecule has 0 aliphatic carbocycles. The monoisotopic (exact) mass is 408 g/mol. The molecule has 1 N–H and O–H groups in total. The third kappa shape index (κ3) is 17.8. The van der Waals surface area contributed by atoms with E-state index < -0.39 is 5.97 Å². The SMILES string of the molecule is CCCCCCCCCCCCCCCCCCCCC(C)C(C)=C(C)C(=O)O. The van der Waals surface area contributed by atoms with Gasteiger partial charge >= 0.3 is 5.97 Å². The molecule has 0 bridgehead atoms. The van der Waals surface area contributed by atoms with Gasteiger partial charge in [-0.2, -0.15) is 0 Å².